The number of rotatable bonds is 5. The van der Waals surface area contributed by atoms with E-state index in [-0.39, 0.29) is 5.54 Å². The van der Waals surface area contributed by atoms with Gasteiger partial charge in [0.1, 0.15) is 0 Å². The number of hydrogen-bond acceptors (Lipinski definition) is 6. The molecule has 0 bridgehead atoms. The van der Waals surface area contributed by atoms with E-state index < -0.39 is 0 Å². The highest BCUT2D eigenvalue weighted by Gasteiger charge is 2.38. The van der Waals surface area contributed by atoms with Crippen molar-refractivity contribution in [1.82, 2.24) is 15.0 Å². The van der Waals surface area contributed by atoms with Gasteiger partial charge in [-0.25, -0.2) is 0 Å². The molecule has 0 amide bonds. The summed E-state index contributed by atoms with van der Waals surface area (Å²) in [5.41, 5.74) is 8.57. The molecule has 1 aliphatic carbocycles. The van der Waals surface area contributed by atoms with Gasteiger partial charge in [-0.2, -0.15) is 4.98 Å². The first-order valence-electron chi connectivity index (χ1n) is 9.28. The molecule has 2 aromatic rings. The van der Waals surface area contributed by atoms with E-state index in [1.165, 1.54) is 11.3 Å². The van der Waals surface area contributed by atoms with Crippen LogP contribution in [0.15, 0.2) is 28.8 Å². The van der Waals surface area contributed by atoms with Crippen molar-refractivity contribution < 1.29 is 4.52 Å². The number of nitrogens with two attached hydrogens (primary N) is 1. The van der Waals surface area contributed by atoms with Gasteiger partial charge in [-0.1, -0.05) is 17.3 Å². The Kier molecular flexibility index (Phi) is 4.48. The molecule has 2 heterocycles. The normalized spacial score (nSPS) is 20.5. The van der Waals surface area contributed by atoms with Gasteiger partial charge in [0, 0.05) is 44.8 Å². The first-order chi connectivity index (χ1) is 12.1. The average molecular weight is 341 g/mol. The van der Waals surface area contributed by atoms with Crippen molar-refractivity contribution in [2.45, 2.75) is 38.1 Å². The maximum absolute atomic E-state index is 6.26. The van der Waals surface area contributed by atoms with Crippen LogP contribution >= 0.6 is 0 Å². The lowest BCUT2D eigenvalue weighted by atomic mass is 9.77. The van der Waals surface area contributed by atoms with Crippen LogP contribution in [0.2, 0.25) is 0 Å². The maximum Gasteiger partial charge on any atom is 0.228 e. The smallest absolute Gasteiger partial charge is 0.228 e. The predicted octanol–water partition coefficient (Wildman–Crippen LogP) is 2.08. The number of hydrogen-bond donors (Lipinski definition) is 1. The number of benzene rings is 1. The van der Waals surface area contributed by atoms with Crippen molar-refractivity contribution in [2.75, 3.05) is 37.6 Å². The Morgan fingerprint density at radius 1 is 1.20 bits per heavy atom. The van der Waals surface area contributed by atoms with Gasteiger partial charge in [-0.05, 0) is 43.9 Å². The van der Waals surface area contributed by atoms with E-state index in [1.807, 2.05) is 0 Å². The summed E-state index contributed by atoms with van der Waals surface area (Å²) >= 11 is 0. The van der Waals surface area contributed by atoms with Crippen molar-refractivity contribution in [3.8, 4) is 0 Å². The largest absolute Gasteiger partial charge is 0.369 e. The van der Waals surface area contributed by atoms with Crippen LogP contribution in [-0.4, -0.2) is 47.8 Å². The minimum atomic E-state index is -0.332. The molecule has 1 aromatic heterocycles. The van der Waals surface area contributed by atoms with Crippen LogP contribution in [0.4, 0.5) is 5.69 Å². The Balaban J connectivity index is 1.26. The summed E-state index contributed by atoms with van der Waals surface area (Å²) in [5, 5.41) is 4.10. The van der Waals surface area contributed by atoms with Crippen molar-refractivity contribution in [1.29, 1.82) is 0 Å². The molecule has 1 aliphatic heterocycles. The van der Waals surface area contributed by atoms with Gasteiger partial charge < -0.3 is 15.2 Å². The van der Waals surface area contributed by atoms with Crippen molar-refractivity contribution in [3.05, 3.63) is 41.5 Å². The number of aryl methyl sites for hydroxylation is 1. The summed E-state index contributed by atoms with van der Waals surface area (Å²) in [4.78, 5) is 9.45. The van der Waals surface area contributed by atoms with E-state index in [0.717, 1.165) is 58.4 Å². The highest BCUT2D eigenvalue weighted by atomic mass is 16.5. The predicted molar refractivity (Wildman–Crippen MR) is 97.6 cm³/mol. The van der Waals surface area contributed by atoms with Crippen LogP contribution in [0.3, 0.4) is 0 Å². The van der Waals surface area contributed by atoms with E-state index in [1.54, 1.807) is 0 Å². The van der Waals surface area contributed by atoms with Gasteiger partial charge in [-0.15, -0.1) is 0 Å². The van der Waals surface area contributed by atoms with Crippen LogP contribution in [0.25, 0.3) is 0 Å². The lowest BCUT2D eigenvalue weighted by Crippen LogP contribution is -2.47. The molecule has 134 valence electrons. The third-order valence-electron chi connectivity index (χ3n) is 5.54. The van der Waals surface area contributed by atoms with Gasteiger partial charge in [-0.3, -0.25) is 4.90 Å². The van der Waals surface area contributed by atoms with Gasteiger partial charge in [0.05, 0.1) is 5.54 Å². The molecule has 6 heteroatoms. The van der Waals surface area contributed by atoms with Crippen LogP contribution in [0.1, 0.15) is 36.5 Å². The maximum atomic E-state index is 6.26. The molecule has 2 aliphatic rings. The topological polar surface area (TPSA) is 71.4 Å². The first-order valence-corrected chi connectivity index (χ1v) is 9.28. The Hall–Kier alpha value is -1.92. The number of aromatic nitrogens is 2. The molecule has 2 N–H and O–H groups in total. The van der Waals surface area contributed by atoms with Crippen LogP contribution in [-0.2, 0) is 12.0 Å². The van der Waals surface area contributed by atoms with Gasteiger partial charge in [0.2, 0.25) is 5.89 Å². The lowest BCUT2D eigenvalue weighted by molar-refractivity contribution is 0.227. The lowest BCUT2D eigenvalue weighted by Gasteiger charge is -2.36. The first kappa shape index (κ1) is 16.5. The molecule has 25 heavy (non-hydrogen) atoms. The van der Waals surface area contributed by atoms with E-state index in [2.05, 4.69) is 51.1 Å². The Labute approximate surface area is 149 Å². The third-order valence-corrected chi connectivity index (χ3v) is 5.54. The summed E-state index contributed by atoms with van der Waals surface area (Å²) in [6.45, 7) is 7.36. The molecule has 1 saturated carbocycles. The van der Waals surface area contributed by atoms with Crippen LogP contribution in [0.5, 0.6) is 0 Å². The van der Waals surface area contributed by atoms with Crippen molar-refractivity contribution in [2.24, 2.45) is 5.73 Å². The molecule has 4 rings (SSSR count). The molecule has 0 spiro atoms. The Morgan fingerprint density at radius 3 is 2.68 bits per heavy atom. The highest BCUT2D eigenvalue weighted by Crippen LogP contribution is 2.36. The summed E-state index contributed by atoms with van der Waals surface area (Å²) in [6, 6.07) is 8.74. The van der Waals surface area contributed by atoms with E-state index in [0.29, 0.717) is 11.7 Å². The van der Waals surface area contributed by atoms with Crippen molar-refractivity contribution in [3.63, 3.8) is 0 Å². The second-order valence-corrected chi connectivity index (χ2v) is 7.44. The Bertz CT molecular complexity index is 716. The minimum absolute atomic E-state index is 0.332. The van der Waals surface area contributed by atoms with Gasteiger partial charge >= 0.3 is 0 Å². The molecule has 0 radical (unpaired) electrons. The van der Waals surface area contributed by atoms with E-state index >= 15 is 0 Å². The summed E-state index contributed by atoms with van der Waals surface area (Å²) < 4.78 is 5.40. The van der Waals surface area contributed by atoms with Gasteiger partial charge in [0.25, 0.3) is 0 Å². The molecule has 2 fully saturated rings. The van der Waals surface area contributed by atoms with E-state index in [4.69, 9.17) is 10.3 Å². The molecule has 1 saturated heterocycles. The summed E-state index contributed by atoms with van der Waals surface area (Å²) in [6.07, 6.45) is 3.89. The molecule has 1 aromatic carbocycles. The quantitative estimate of drug-likeness (QED) is 0.898. The monoisotopic (exact) mass is 341 g/mol. The molecular formula is C19H27N5O. The van der Waals surface area contributed by atoms with Crippen LogP contribution < -0.4 is 10.6 Å². The fraction of sp³-hybridized carbons (Fsp3) is 0.579. The Morgan fingerprint density at radius 2 is 2.00 bits per heavy atom. The van der Waals surface area contributed by atoms with Crippen molar-refractivity contribution >= 4 is 5.69 Å². The number of nitrogens with zero attached hydrogens (tertiary/aromatic N) is 4. The minimum Gasteiger partial charge on any atom is -0.369 e. The second kappa shape index (κ2) is 6.77. The molecule has 0 atom stereocenters. The summed E-state index contributed by atoms with van der Waals surface area (Å²) in [5.74, 6) is 1.41. The zero-order valence-corrected chi connectivity index (χ0v) is 14.9. The fourth-order valence-electron chi connectivity index (χ4n) is 3.65. The standard InChI is InChI=1S/C19H27N5O/c1-15-4-2-5-16(14-15)24-12-10-23(11-13-24)9-6-17-21-18(22-25-17)19(20)7-3-8-19/h2,4-5,14H,3,6-13,20H2,1H3. The highest BCUT2D eigenvalue weighted by molar-refractivity contribution is 5.48. The number of piperazine rings is 1. The zero-order chi connectivity index (χ0) is 17.3. The average Bonchev–Trinajstić information content (AvgIpc) is 3.08. The molecule has 0 unspecified atom stereocenters. The van der Waals surface area contributed by atoms with Gasteiger partial charge in [0.15, 0.2) is 5.82 Å². The molecule has 6 nitrogen and oxygen atoms in total. The number of anilines is 1. The fourth-order valence-corrected chi connectivity index (χ4v) is 3.65. The SMILES string of the molecule is Cc1cccc(N2CCN(CCc3nc(C4(N)CCC4)no3)CC2)c1. The zero-order valence-electron chi connectivity index (χ0n) is 14.9. The van der Waals surface area contributed by atoms with Crippen LogP contribution in [0, 0.1) is 6.92 Å². The summed E-state index contributed by atoms with van der Waals surface area (Å²) in [7, 11) is 0. The molecular weight excluding hydrogens is 314 g/mol. The second-order valence-electron chi connectivity index (χ2n) is 7.44. The third kappa shape index (κ3) is 3.55. The van der Waals surface area contributed by atoms with E-state index in [9.17, 15) is 0 Å².